The summed E-state index contributed by atoms with van der Waals surface area (Å²) in [4.78, 5) is 50.1. The zero-order chi connectivity index (χ0) is 20.3. The van der Waals surface area contributed by atoms with Gasteiger partial charge >= 0.3 is 6.03 Å². The van der Waals surface area contributed by atoms with Gasteiger partial charge in [0.2, 0.25) is 5.91 Å². The summed E-state index contributed by atoms with van der Waals surface area (Å²) in [5, 5.41) is 5.37. The van der Waals surface area contributed by atoms with Crippen LogP contribution in [0.15, 0.2) is 54.6 Å². The molecule has 1 aliphatic rings. The van der Waals surface area contributed by atoms with Crippen molar-refractivity contribution in [2.45, 2.75) is 25.8 Å². The van der Waals surface area contributed by atoms with Gasteiger partial charge < -0.3 is 10.6 Å². The van der Waals surface area contributed by atoms with Gasteiger partial charge in [-0.3, -0.25) is 19.3 Å². The number of imide groups is 1. The average molecular weight is 379 g/mol. The maximum absolute atomic E-state index is 12.9. The number of amides is 4. The first-order valence-electron chi connectivity index (χ1n) is 8.98. The molecule has 3 rings (SSSR count). The molecule has 0 aromatic heterocycles. The molecular weight excluding hydrogens is 358 g/mol. The van der Waals surface area contributed by atoms with E-state index in [-0.39, 0.29) is 18.2 Å². The zero-order valence-corrected chi connectivity index (χ0v) is 15.7. The molecule has 1 saturated heterocycles. The van der Waals surface area contributed by atoms with Gasteiger partial charge in [0.05, 0.1) is 6.54 Å². The molecule has 1 aliphatic heterocycles. The van der Waals surface area contributed by atoms with E-state index in [1.165, 1.54) is 0 Å². The lowest BCUT2D eigenvalue weighted by molar-refractivity contribution is -0.130. The van der Waals surface area contributed by atoms with Crippen molar-refractivity contribution in [2.24, 2.45) is 0 Å². The SMILES string of the molecule is CCC(=O)Nc1ccc(C(=O)CN2C(=O)N[C@@](C)(c3ccccc3)C2=O)cc1. The highest BCUT2D eigenvalue weighted by Crippen LogP contribution is 2.28. The quantitative estimate of drug-likeness (QED) is 0.596. The van der Waals surface area contributed by atoms with E-state index in [9.17, 15) is 19.2 Å². The average Bonchev–Trinajstić information content (AvgIpc) is 2.93. The predicted octanol–water partition coefficient (Wildman–Crippen LogP) is 2.69. The molecule has 0 bridgehead atoms. The molecule has 144 valence electrons. The highest BCUT2D eigenvalue weighted by atomic mass is 16.2. The lowest BCUT2D eigenvalue weighted by Crippen LogP contribution is -2.41. The van der Waals surface area contributed by atoms with Crippen molar-refractivity contribution in [3.63, 3.8) is 0 Å². The van der Waals surface area contributed by atoms with Gasteiger partial charge in [-0.15, -0.1) is 0 Å². The van der Waals surface area contributed by atoms with Gasteiger partial charge in [-0.1, -0.05) is 37.3 Å². The van der Waals surface area contributed by atoms with Crippen molar-refractivity contribution in [1.29, 1.82) is 0 Å². The summed E-state index contributed by atoms with van der Waals surface area (Å²) in [6.07, 6.45) is 0.354. The van der Waals surface area contributed by atoms with Gasteiger partial charge in [0.1, 0.15) is 5.54 Å². The van der Waals surface area contributed by atoms with Gasteiger partial charge in [-0.05, 0) is 36.8 Å². The number of nitrogens with zero attached hydrogens (tertiary/aromatic N) is 1. The molecule has 1 atom stereocenters. The summed E-state index contributed by atoms with van der Waals surface area (Å²) >= 11 is 0. The number of benzene rings is 2. The number of rotatable bonds is 6. The Hall–Kier alpha value is -3.48. The molecule has 7 nitrogen and oxygen atoms in total. The van der Waals surface area contributed by atoms with Crippen molar-refractivity contribution in [3.8, 4) is 0 Å². The highest BCUT2D eigenvalue weighted by Gasteiger charge is 2.49. The van der Waals surface area contributed by atoms with Crippen LogP contribution in [0, 0.1) is 0 Å². The molecule has 1 heterocycles. The second-order valence-corrected chi connectivity index (χ2v) is 6.71. The maximum Gasteiger partial charge on any atom is 0.325 e. The number of hydrogen-bond acceptors (Lipinski definition) is 4. The van der Waals surface area contributed by atoms with Crippen LogP contribution < -0.4 is 10.6 Å². The minimum Gasteiger partial charge on any atom is -0.326 e. The van der Waals surface area contributed by atoms with Gasteiger partial charge in [-0.2, -0.15) is 0 Å². The Morgan fingerprint density at radius 3 is 2.29 bits per heavy atom. The van der Waals surface area contributed by atoms with E-state index >= 15 is 0 Å². The number of anilines is 1. The zero-order valence-electron chi connectivity index (χ0n) is 15.7. The molecule has 0 radical (unpaired) electrons. The molecule has 0 spiro atoms. The van der Waals surface area contributed by atoms with E-state index in [1.807, 2.05) is 6.07 Å². The third-order valence-electron chi connectivity index (χ3n) is 4.74. The smallest absolute Gasteiger partial charge is 0.325 e. The first kappa shape index (κ1) is 19.3. The molecule has 28 heavy (non-hydrogen) atoms. The van der Waals surface area contributed by atoms with Gasteiger partial charge in [-0.25, -0.2) is 4.79 Å². The van der Waals surface area contributed by atoms with Gasteiger partial charge in [0.15, 0.2) is 5.78 Å². The van der Waals surface area contributed by atoms with Crippen LogP contribution in [-0.4, -0.2) is 35.1 Å². The summed E-state index contributed by atoms with van der Waals surface area (Å²) in [6.45, 7) is 3.01. The molecule has 2 aromatic rings. The fourth-order valence-corrected chi connectivity index (χ4v) is 3.03. The van der Waals surface area contributed by atoms with Gasteiger partial charge in [0.25, 0.3) is 5.91 Å². The second kappa shape index (κ2) is 7.64. The van der Waals surface area contributed by atoms with Crippen LogP contribution in [0.4, 0.5) is 10.5 Å². The maximum atomic E-state index is 12.9. The minimum atomic E-state index is -1.20. The van der Waals surface area contributed by atoms with E-state index in [0.29, 0.717) is 23.2 Å². The standard InChI is InChI=1S/C21H21N3O4/c1-3-18(26)22-16-11-9-14(10-12-16)17(25)13-24-19(27)21(2,23-20(24)28)15-7-5-4-6-8-15/h4-12H,3,13H2,1-2H3,(H,22,26)(H,23,28)/t21-/m0/s1. The van der Waals surface area contributed by atoms with E-state index in [2.05, 4.69) is 10.6 Å². The fourth-order valence-electron chi connectivity index (χ4n) is 3.03. The summed E-state index contributed by atoms with van der Waals surface area (Å²) in [5.41, 5.74) is 0.380. The molecule has 4 amide bonds. The molecule has 7 heteroatoms. The molecule has 0 saturated carbocycles. The van der Waals surface area contributed by atoms with Crippen LogP contribution in [0.2, 0.25) is 0 Å². The number of ketones is 1. The van der Waals surface area contributed by atoms with E-state index < -0.39 is 17.5 Å². The Morgan fingerprint density at radius 1 is 1.04 bits per heavy atom. The normalized spacial score (nSPS) is 18.7. The van der Waals surface area contributed by atoms with Crippen LogP contribution in [-0.2, 0) is 15.1 Å². The Balaban J connectivity index is 1.73. The van der Waals surface area contributed by atoms with Crippen LogP contribution in [0.1, 0.15) is 36.2 Å². The Morgan fingerprint density at radius 2 is 1.68 bits per heavy atom. The van der Waals surface area contributed by atoms with Crippen molar-refractivity contribution in [2.75, 3.05) is 11.9 Å². The molecule has 0 aliphatic carbocycles. The molecule has 2 aromatic carbocycles. The van der Waals surface area contributed by atoms with Crippen molar-refractivity contribution >= 4 is 29.3 Å². The van der Waals surface area contributed by atoms with Crippen LogP contribution in [0.5, 0.6) is 0 Å². The highest BCUT2D eigenvalue weighted by molar-refractivity contribution is 6.11. The summed E-state index contributed by atoms with van der Waals surface area (Å²) in [5.74, 6) is -0.961. The van der Waals surface area contributed by atoms with Crippen LogP contribution in [0.3, 0.4) is 0 Å². The molecular formula is C21H21N3O4. The molecule has 0 unspecified atom stereocenters. The second-order valence-electron chi connectivity index (χ2n) is 6.71. The first-order valence-corrected chi connectivity index (χ1v) is 8.98. The molecule has 2 N–H and O–H groups in total. The Kier molecular flexibility index (Phi) is 5.26. The third-order valence-corrected chi connectivity index (χ3v) is 4.74. The van der Waals surface area contributed by atoms with Crippen LogP contribution in [0.25, 0.3) is 0 Å². The van der Waals surface area contributed by atoms with E-state index in [0.717, 1.165) is 4.90 Å². The van der Waals surface area contributed by atoms with E-state index in [4.69, 9.17) is 0 Å². The van der Waals surface area contributed by atoms with Crippen LogP contribution >= 0.6 is 0 Å². The lowest BCUT2D eigenvalue weighted by atomic mass is 9.92. The predicted molar refractivity (Wildman–Crippen MR) is 104 cm³/mol. The summed E-state index contributed by atoms with van der Waals surface area (Å²) in [6, 6.07) is 14.6. The first-order chi connectivity index (χ1) is 13.3. The lowest BCUT2D eigenvalue weighted by Gasteiger charge is -2.22. The fraction of sp³-hybridized carbons (Fsp3) is 0.238. The number of Topliss-reactive ketones (excluding diaryl/α,β-unsaturated/α-hetero) is 1. The Bertz CT molecular complexity index is 924. The third kappa shape index (κ3) is 3.64. The number of carbonyl (C=O) groups excluding carboxylic acids is 4. The van der Waals surface area contributed by atoms with Crippen molar-refractivity contribution in [3.05, 3.63) is 65.7 Å². The number of hydrogen-bond donors (Lipinski definition) is 2. The van der Waals surface area contributed by atoms with Gasteiger partial charge in [0, 0.05) is 17.7 Å². The largest absolute Gasteiger partial charge is 0.326 e. The minimum absolute atomic E-state index is 0.126. The molecule has 1 fully saturated rings. The Labute approximate surface area is 162 Å². The van der Waals surface area contributed by atoms with E-state index in [1.54, 1.807) is 62.4 Å². The number of urea groups is 1. The topological polar surface area (TPSA) is 95.6 Å². The number of carbonyl (C=O) groups is 4. The van der Waals surface area contributed by atoms with Crippen molar-refractivity contribution < 1.29 is 19.2 Å². The summed E-state index contributed by atoms with van der Waals surface area (Å²) < 4.78 is 0. The summed E-state index contributed by atoms with van der Waals surface area (Å²) in [7, 11) is 0. The van der Waals surface area contributed by atoms with Crippen molar-refractivity contribution in [1.82, 2.24) is 10.2 Å². The number of nitrogens with one attached hydrogen (secondary N) is 2. The monoisotopic (exact) mass is 379 g/mol.